The Kier molecular flexibility index (Phi) is 12.6. The summed E-state index contributed by atoms with van der Waals surface area (Å²) >= 11 is 3.35. The molecular formula is C15H25BrO4. The zero-order valence-electron chi connectivity index (χ0n) is 12.3. The Morgan fingerprint density at radius 3 is 2.15 bits per heavy atom. The third kappa shape index (κ3) is 12.2. The monoisotopic (exact) mass is 348 g/mol. The topological polar surface area (TPSA) is 52.6 Å². The van der Waals surface area contributed by atoms with Gasteiger partial charge in [-0.3, -0.25) is 4.79 Å². The van der Waals surface area contributed by atoms with Crippen molar-refractivity contribution in [3.63, 3.8) is 0 Å². The van der Waals surface area contributed by atoms with Crippen LogP contribution in [0.1, 0.15) is 51.9 Å². The summed E-state index contributed by atoms with van der Waals surface area (Å²) in [5.74, 6) is -0.465. The predicted octanol–water partition coefficient (Wildman–Crippen LogP) is 3.77. The van der Waals surface area contributed by atoms with Crippen molar-refractivity contribution in [2.24, 2.45) is 0 Å². The number of esters is 2. The van der Waals surface area contributed by atoms with E-state index in [2.05, 4.69) is 22.5 Å². The highest BCUT2D eigenvalue weighted by molar-refractivity contribution is 9.09. The Hall–Kier alpha value is -0.840. The van der Waals surface area contributed by atoms with Crippen LogP contribution in [0.3, 0.4) is 0 Å². The van der Waals surface area contributed by atoms with E-state index in [0.29, 0.717) is 25.2 Å². The molecule has 0 fully saturated rings. The minimum absolute atomic E-state index is 0.117. The van der Waals surface area contributed by atoms with Crippen LogP contribution in [0.5, 0.6) is 0 Å². The molecule has 20 heavy (non-hydrogen) atoms. The highest BCUT2D eigenvalue weighted by Crippen LogP contribution is 2.04. The molecular weight excluding hydrogens is 324 g/mol. The zero-order valence-corrected chi connectivity index (χ0v) is 13.9. The number of carbonyl (C=O) groups excluding carboxylic acids is 2. The van der Waals surface area contributed by atoms with Crippen LogP contribution < -0.4 is 0 Å². The molecule has 0 unspecified atom stereocenters. The van der Waals surface area contributed by atoms with Crippen molar-refractivity contribution < 1.29 is 19.1 Å². The van der Waals surface area contributed by atoms with Gasteiger partial charge in [-0.05, 0) is 39.0 Å². The molecule has 0 heterocycles. The van der Waals surface area contributed by atoms with Crippen LogP contribution in [0.2, 0.25) is 0 Å². The van der Waals surface area contributed by atoms with Crippen LogP contribution in [-0.2, 0) is 19.1 Å². The fraction of sp³-hybridized carbons (Fsp3) is 0.733. The van der Waals surface area contributed by atoms with E-state index < -0.39 is 0 Å². The summed E-state index contributed by atoms with van der Waals surface area (Å²) < 4.78 is 10.1. The van der Waals surface area contributed by atoms with Crippen molar-refractivity contribution in [1.29, 1.82) is 0 Å². The first-order chi connectivity index (χ1) is 9.57. The first-order valence-corrected chi connectivity index (χ1v) is 8.24. The molecule has 0 aromatic rings. The maximum atomic E-state index is 11.3. The average molecular weight is 349 g/mol. The van der Waals surface area contributed by atoms with E-state index >= 15 is 0 Å². The van der Waals surface area contributed by atoms with Gasteiger partial charge in [-0.25, -0.2) is 4.79 Å². The van der Waals surface area contributed by atoms with Crippen LogP contribution in [0.15, 0.2) is 12.2 Å². The third-order valence-electron chi connectivity index (χ3n) is 2.65. The summed E-state index contributed by atoms with van der Waals surface area (Å²) in [5, 5.41) is 0.984. The van der Waals surface area contributed by atoms with Crippen LogP contribution in [-0.4, -0.2) is 30.5 Å². The molecule has 4 nitrogen and oxygen atoms in total. The van der Waals surface area contributed by atoms with Gasteiger partial charge in [-0.1, -0.05) is 28.9 Å². The number of ether oxygens (including phenoxy) is 2. The lowest BCUT2D eigenvalue weighted by atomic mass is 10.2. The zero-order chi connectivity index (χ0) is 15.2. The van der Waals surface area contributed by atoms with Gasteiger partial charge in [0.25, 0.3) is 0 Å². The van der Waals surface area contributed by atoms with Crippen molar-refractivity contribution in [3.8, 4) is 0 Å². The Bertz CT molecular complexity index is 302. The molecule has 0 saturated heterocycles. The van der Waals surface area contributed by atoms with Gasteiger partial charge < -0.3 is 9.47 Å². The summed E-state index contributed by atoms with van der Waals surface area (Å²) in [5.41, 5.74) is 0.416. The van der Waals surface area contributed by atoms with E-state index in [-0.39, 0.29) is 11.9 Å². The first kappa shape index (κ1) is 19.2. The Morgan fingerprint density at radius 1 is 0.950 bits per heavy atom. The molecule has 0 radical (unpaired) electrons. The van der Waals surface area contributed by atoms with Crippen molar-refractivity contribution in [3.05, 3.63) is 12.2 Å². The predicted molar refractivity (Wildman–Crippen MR) is 82.8 cm³/mol. The third-order valence-corrected chi connectivity index (χ3v) is 3.21. The van der Waals surface area contributed by atoms with Gasteiger partial charge in [0.15, 0.2) is 0 Å². The minimum Gasteiger partial charge on any atom is -0.466 e. The second kappa shape index (κ2) is 13.2. The van der Waals surface area contributed by atoms with Gasteiger partial charge in [0.1, 0.15) is 0 Å². The fourth-order valence-corrected chi connectivity index (χ4v) is 1.86. The van der Waals surface area contributed by atoms with Gasteiger partial charge in [-0.15, -0.1) is 0 Å². The Balaban J connectivity index is 3.29. The van der Waals surface area contributed by atoms with Gasteiger partial charge in [0, 0.05) is 17.3 Å². The van der Waals surface area contributed by atoms with Gasteiger partial charge in [0.2, 0.25) is 0 Å². The van der Waals surface area contributed by atoms with Crippen molar-refractivity contribution >= 4 is 27.9 Å². The Labute approximate surface area is 130 Å². The summed E-state index contributed by atoms with van der Waals surface area (Å²) in [6.07, 6.45) is 6.00. The normalized spacial score (nSPS) is 10.1. The average Bonchev–Trinajstić information content (AvgIpc) is 2.42. The number of alkyl halides is 1. The summed E-state index contributed by atoms with van der Waals surface area (Å²) in [7, 11) is 0. The van der Waals surface area contributed by atoms with Gasteiger partial charge in [0.05, 0.1) is 13.2 Å². The molecule has 0 saturated carbocycles. The van der Waals surface area contributed by atoms with Crippen molar-refractivity contribution in [2.45, 2.75) is 51.9 Å². The maximum Gasteiger partial charge on any atom is 0.333 e. The van der Waals surface area contributed by atoms with Crippen LogP contribution in [0.25, 0.3) is 0 Å². The highest BCUT2D eigenvalue weighted by atomic mass is 79.9. The quantitative estimate of drug-likeness (QED) is 0.233. The van der Waals surface area contributed by atoms with Crippen LogP contribution in [0, 0.1) is 0 Å². The fourth-order valence-electron chi connectivity index (χ4n) is 1.47. The summed E-state index contributed by atoms with van der Waals surface area (Å²) in [6, 6.07) is 0. The van der Waals surface area contributed by atoms with Crippen LogP contribution >= 0.6 is 15.9 Å². The number of carbonyl (C=O) groups is 2. The second-order valence-corrected chi connectivity index (χ2v) is 5.49. The molecule has 0 spiro atoms. The largest absolute Gasteiger partial charge is 0.466 e. The number of rotatable bonds is 12. The molecule has 0 aliphatic rings. The van der Waals surface area contributed by atoms with E-state index in [9.17, 15) is 9.59 Å². The molecule has 0 bridgehead atoms. The molecule has 0 aromatic carbocycles. The van der Waals surface area contributed by atoms with E-state index in [1.54, 1.807) is 6.92 Å². The smallest absolute Gasteiger partial charge is 0.333 e. The minimum atomic E-state index is -0.347. The van der Waals surface area contributed by atoms with E-state index in [0.717, 1.165) is 43.9 Å². The molecule has 0 atom stereocenters. The lowest BCUT2D eigenvalue weighted by Gasteiger charge is -2.06. The summed E-state index contributed by atoms with van der Waals surface area (Å²) in [4.78, 5) is 22.4. The van der Waals surface area contributed by atoms with E-state index in [4.69, 9.17) is 9.47 Å². The second-order valence-electron chi connectivity index (χ2n) is 4.70. The molecule has 0 aliphatic heterocycles. The molecule has 116 valence electrons. The highest BCUT2D eigenvalue weighted by Gasteiger charge is 2.03. The van der Waals surface area contributed by atoms with Crippen molar-refractivity contribution in [2.75, 3.05) is 18.5 Å². The number of hydrogen-bond acceptors (Lipinski definition) is 4. The lowest BCUT2D eigenvalue weighted by molar-refractivity contribution is -0.143. The number of halogens is 1. The molecule has 0 N–H and O–H groups in total. The molecule has 0 amide bonds. The molecule has 0 aliphatic carbocycles. The summed E-state index contributed by atoms with van der Waals surface area (Å²) in [6.45, 7) is 5.97. The van der Waals surface area contributed by atoms with E-state index in [1.807, 2.05) is 0 Å². The lowest BCUT2D eigenvalue weighted by Crippen LogP contribution is -2.07. The number of unbranched alkanes of at least 4 members (excludes halogenated alkanes) is 4. The molecule has 0 aromatic heterocycles. The SMILES string of the molecule is C=C(C)C(=O)OCCCCCOC(=O)CCCCCBr. The Morgan fingerprint density at radius 2 is 1.55 bits per heavy atom. The molecule has 5 heteroatoms. The van der Waals surface area contributed by atoms with Gasteiger partial charge in [-0.2, -0.15) is 0 Å². The number of hydrogen-bond donors (Lipinski definition) is 0. The maximum absolute atomic E-state index is 11.3. The standard InChI is InChI=1S/C15H25BrO4/c1-13(2)15(18)20-12-8-4-7-11-19-14(17)9-5-3-6-10-16/h1,3-12H2,2H3. The molecule has 0 rings (SSSR count). The van der Waals surface area contributed by atoms with Crippen LogP contribution in [0.4, 0.5) is 0 Å². The first-order valence-electron chi connectivity index (χ1n) is 7.12. The van der Waals surface area contributed by atoms with Crippen molar-refractivity contribution in [1.82, 2.24) is 0 Å². The van der Waals surface area contributed by atoms with Gasteiger partial charge >= 0.3 is 11.9 Å². The van der Waals surface area contributed by atoms with E-state index in [1.165, 1.54) is 0 Å².